The molecule has 0 saturated heterocycles. The van der Waals surface area contributed by atoms with Gasteiger partial charge in [-0.15, -0.1) is 0 Å². The summed E-state index contributed by atoms with van der Waals surface area (Å²) in [4.78, 5) is 13.6. The van der Waals surface area contributed by atoms with Gasteiger partial charge in [0.2, 0.25) is 0 Å². The molecule has 12 heavy (non-hydrogen) atoms. The highest BCUT2D eigenvalue weighted by Gasteiger charge is 2.28. The number of aliphatic hydroxyl groups is 1. The van der Waals surface area contributed by atoms with Crippen LogP contribution in [0.4, 0.5) is 0 Å². The van der Waals surface area contributed by atoms with Crippen LogP contribution < -0.4 is 4.98 Å². The summed E-state index contributed by atoms with van der Waals surface area (Å²) in [7, 11) is -1.64. The third kappa shape index (κ3) is 4.48. The van der Waals surface area contributed by atoms with Gasteiger partial charge in [0, 0.05) is 0 Å². The van der Waals surface area contributed by atoms with Crippen LogP contribution in [0.2, 0.25) is 19.6 Å². The van der Waals surface area contributed by atoms with Crippen LogP contribution in [0.1, 0.15) is 6.92 Å². The lowest BCUT2D eigenvalue weighted by atomic mass is 10.2. The fraction of sp³-hybridized carbons (Fsp3) is 0.857. The molecule has 72 valence electrons. The van der Waals surface area contributed by atoms with Gasteiger partial charge < -0.3 is 15.2 Å². The minimum absolute atomic E-state index is 0.836. The Bertz CT molecular complexity index is 165. The van der Waals surface area contributed by atoms with Crippen LogP contribution in [0.3, 0.4) is 0 Å². The lowest BCUT2D eigenvalue weighted by molar-refractivity contribution is -0.141. The molecule has 0 aliphatic carbocycles. The first-order chi connectivity index (χ1) is 5.24. The highest BCUT2D eigenvalue weighted by atomic mass is 28.3. The highest BCUT2D eigenvalue weighted by molar-refractivity contribution is 6.73. The van der Waals surface area contributed by atoms with Crippen molar-refractivity contribution in [3.05, 3.63) is 0 Å². The van der Waals surface area contributed by atoms with Crippen LogP contribution in [-0.4, -0.2) is 36.6 Å². The van der Waals surface area contributed by atoms with E-state index in [1.807, 2.05) is 19.6 Å². The number of aliphatic hydroxyl groups excluding tert-OH is 1. The number of rotatable bonds is 4. The van der Waals surface area contributed by atoms with E-state index in [0.717, 1.165) is 0 Å². The van der Waals surface area contributed by atoms with Gasteiger partial charge in [-0.3, -0.25) is 4.79 Å². The second kappa shape index (κ2) is 4.02. The topological polar surface area (TPSA) is 69.6 Å². The number of carboxylic acids is 1. The molecule has 0 unspecified atom stereocenters. The van der Waals surface area contributed by atoms with Crippen molar-refractivity contribution in [1.29, 1.82) is 0 Å². The number of carbonyl (C=O) groups is 1. The van der Waals surface area contributed by atoms with E-state index in [4.69, 9.17) is 10.2 Å². The lowest BCUT2D eigenvalue weighted by Gasteiger charge is -2.25. The fourth-order valence-corrected chi connectivity index (χ4v) is 2.15. The van der Waals surface area contributed by atoms with Crippen molar-refractivity contribution in [3.63, 3.8) is 0 Å². The van der Waals surface area contributed by atoms with E-state index in [-0.39, 0.29) is 0 Å². The van der Waals surface area contributed by atoms with Crippen molar-refractivity contribution >= 4 is 14.2 Å². The molecule has 0 radical (unpaired) electrons. The molecule has 4 nitrogen and oxygen atoms in total. The standard InChI is InChI=1S/C7H17NO3Si/c1-5(9)6(7(10)11)8-12(2,3)4/h5-6,8-9H,1-4H3,(H,10,11)/t5-,6+/m1/s1. The SMILES string of the molecule is C[C@@H](O)[C@H](N[Si](C)(C)C)C(=O)O. The molecule has 0 bridgehead atoms. The van der Waals surface area contributed by atoms with Crippen LogP contribution in [0.25, 0.3) is 0 Å². The largest absolute Gasteiger partial charge is 0.480 e. The number of carboxylic acid groups (broad SMARTS) is 1. The predicted octanol–water partition coefficient (Wildman–Crippen LogP) is 0.245. The molecule has 2 atom stereocenters. The van der Waals surface area contributed by atoms with Gasteiger partial charge in [0.25, 0.3) is 0 Å². The average molecular weight is 191 g/mol. The van der Waals surface area contributed by atoms with Gasteiger partial charge in [-0.25, -0.2) is 0 Å². The van der Waals surface area contributed by atoms with Gasteiger partial charge in [-0.1, -0.05) is 19.6 Å². The summed E-state index contributed by atoms with van der Waals surface area (Å²) in [6.45, 7) is 7.45. The van der Waals surface area contributed by atoms with Gasteiger partial charge in [0.1, 0.15) is 14.3 Å². The van der Waals surface area contributed by atoms with Crippen molar-refractivity contribution in [1.82, 2.24) is 4.98 Å². The second-order valence-corrected chi connectivity index (χ2v) is 8.74. The molecule has 0 aliphatic rings. The molecule has 0 heterocycles. The first-order valence-electron chi connectivity index (χ1n) is 3.92. The zero-order valence-corrected chi connectivity index (χ0v) is 8.96. The molecule has 0 spiro atoms. The molecular formula is C7H17NO3Si. The van der Waals surface area contributed by atoms with Crippen molar-refractivity contribution in [2.45, 2.75) is 38.7 Å². The maximum absolute atomic E-state index is 10.6. The highest BCUT2D eigenvalue weighted by Crippen LogP contribution is 2.01. The monoisotopic (exact) mass is 191 g/mol. The lowest BCUT2D eigenvalue weighted by Crippen LogP contribution is -2.55. The van der Waals surface area contributed by atoms with Gasteiger partial charge in [0.15, 0.2) is 0 Å². The van der Waals surface area contributed by atoms with E-state index in [1.54, 1.807) is 0 Å². The summed E-state index contributed by atoms with van der Waals surface area (Å²) in [5.74, 6) is -0.993. The Morgan fingerprint density at radius 3 is 1.92 bits per heavy atom. The Morgan fingerprint density at radius 1 is 1.42 bits per heavy atom. The zero-order valence-electron chi connectivity index (χ0n) is 7.96. The average Bonchev–Trinajstić information content (AvgIpc) is 1.79. The van der Waals surface area contributed by atoms with Crippen LogP contribution in [0, 0.1) is 0 Å². The van der Waals surface area contributed by atoms with E-state index < -0.39 is 26.4 Å². The van der Waals surface area contributed by atoms with Crippen molar-refractivity contribution < 1.29 is 15.0 Å². The summed E-state index contributed by atoms with van der Waals surface area (Å²) in [6, 6.07) is -0.836. The third-order valence-electron chi connectivity index (χ3n) is 1.34. The normalized spacial score (nSPS) is 17.1. The summed E-state index contributed by atoms with van der Waals surface area (Å²) >= 11 is 0. The molecular weight excluding hydrogens is 174 g/mol. The van der Waals surface area contributed by atoms with Crippen LogP contribution in [0.15, 0.2) is 0 Å². The van der Waals surface area contributed by atoms with Crippen LogP contribution in [0.5, 0.6) is 0 Å². The van der Waals surface area contributed by atoms with Crippen LogP contribution in [-0.2, 0) is 4.79 Å². The fourth-order valence-electron chi connectivity index (χ4n) is 0.855. The molecule has 0 aromatic carbocycles. The minimum atomic E-state index is -1.64. The van der Waals surface area contributed by atoms with Gasteiger partial charge in [-0.05, 0) is 6.92 Å². The van der Waals surface area contributed by atoms with Crippen molar-refractivity contribution in [3.8, 4) is 0 Å². The Balaban J connectivity index is 4.25. The molecule has 0 saturated carbocycles. The summed E-state index contributed by atoms with van der Waals surface area (Å²) in [5, 5.41) is 17.8. The van der Waals surface area contributed by atoms with Gasteiger partial charge >= 0.3 is 5.97 Å². The molecule has 3 N–H and O–H groups in total. The molecule has 0 aliphatic heterocycles. The molecule has 0 aromatic rings. The van der Waals surface area contributed by atoms with E-state index in [2.05, 4.69) is 4.98 Å². The molecule has 0 fully saturated rings. The Hall–Kier alpha value is -0.393. The Labute approximate surface area is 73.7 Å². The Kier molecular flexibility index (Phi) is 3.89. The van der Waals surface area contributed by atoms with Gasteiger partial charge in [0.05, 0.1) is 6.10 Å². The molecule has 0 amide bonds. The quantitative estimate of drug-likeness (QED) is 0.557. The molecule has 5 heteroatoms. The number of hydrogen-bond donors (Lipinski definition) is 3. The summed E-state index contributed by atoms with van der Waals surface area (Å²) in [6.07, 6.45) is -0.853. The smallest absolute Gasteiger partial charge is 0.322 e. The van der Waals surface area contributed by atoms with E-state index >= 15 is 0 Å². The zero-order chi connectivity index (χ0) is 9.94. The van der Waals surface area contributed by atoms with E-state index in [0.29, 0.717) is 0 Å². The second-order valence-electron chi connectivity index (χ2n) is 3.95. The van der Waals surface area contributed by atoms with Crippen molar-refractivity contribution in [2.75, 3.05) is 0 Å². The molecule has 0 aromatic heterocycles. The minimum Gasteiger partial charge on any atom is -0.480 e. The number of aliphatic carboxylic acids is 1. The van der Waals surface area contributed by atoms with Crippen LogP contribution >= 0.6 is 0 Å². The number of hydrogen-bond acceptors (Lipinski definition) is 3. The van der Waals surface area contributed by atoms with E-state index in [1.165, 1.54) is 6.92 Å². The first-order valence-corrected chi connectivity index (χ1v) is 7.42. The summed E-state index contributed by atoms with van der Waals surface area (Å²) in [5.41, 5.74) is 0. The summed E-state index contributed by atoms with van der Waals surface area (Å²) < 4.78 is 0. The first kappa shape index (κ1) is 11.6. The third-order valence-corrected chi connectivity index (χ3v) is 2.51. The van der Waals surface area contributed by atoms with Gasteiger partial charge in [-0.2, -0.15) is 0 Å². The maximum atomic E-state index is 10.6. The predicted molar refractivity (Wildman–Crippen MR) is 49.6 cm³/mol. The number of nitrogens with one attached hydrogen (secondary N) is 1. The van der Waals surface area contributed by atoms with Crippen molar-refractivity contribution in [2.24, 2.45) is 0 Å². The maximum Gasteiger partial charge on any atom is 0.322 e. The van der Waals surface area contributed by atoms with E-state index in [9.17, 15) is 4.79 Å². The Morgan fingerprint density at radius 2 is 1.83 bits per heavy atom. The molecule has 0 rings (SSSR count).